The third kappa shape index (κ3) is 4.19. The minimum absolute atomic E-state index is 0.308. The van der Waals surface area contributed by atoms with Crippen molar-refractivity contribution in [3.63, 3.8) is 0 Å². The number of hydrogen-bond donors (Lipinski definition) is 0. The lowest BCUT2D eigenvalue weighted by Crippen LogP contribution is -2.37. The zero-order chi connectivity index (χ0) is 11.6. The third-order valence-electron chi connectivity index (χ3n) is 2.13. The Bertz CT molecular complexity index is 154. The molecule has 86 valence electrons. The molecule has 0 aromatic heterocycles. The first kappa shape index (κ1) is 13.6. The molecule has 0 fully saturated rings. The van der Waals surface area contributed by atoms with Crippen LogP contribution in [0.2, 0.25) is 0 Å². The highest BCUT2D eigenvalue weighted by molar-refractivity contribution is 4.76. The second-order valence-electron chi connectivity index (χ2n) is 3.38. The second kappa shape index (κ2) is 4.40. The van der Waals surface area contributed by atoms with Crippen LogP contribution in [-0.4, -0.2) is 12.4 Å². The Morgan fingerprint density at radius 1 is 0.929 bits per heavy atom. The van der Waals surface area contributed by atoms with Gasteiger partial charge >= 0.3 is 12.4 Å². The standard InChI is InChI=1S/C8H12F6/c1-3-5(2)4-6(7(9,10)11)8(12,13)14/h5-6H,3-4H2,1-2H3/t5-/m1/s1. The summed E-state index contributed by atoms with van der Waals surface area (Å²) < 4.78 is 72.0. The molecule has 0 unspecified atom stereocenters. The Balaban J connectivity index is 4.59. The van der Waals surface area contributed by atoms with Crippen molar-refractivity contribution in [2.75, 3.05) is 0 Å². The lowest BCUT2D eigenvalue weighted by Gasteiger charge is -2.25. The van der Waals surface area contributed by atoms with Crippen LogP contribution in [0.15, 0.2) is 0 Å². The van der Waals surface area contributed by atoms with Crippen LogP contribution in [0.25, 0.3) is 0 Å². The van der Waals surface area contributed by atoms with Crippen LogP contribution in [-0.2, 0) is 0 Å². The van der Waals surface area contributed by atoms with Gasteiger partial charge in [0, 0.05) is 0 Å². The first-order chi connectivity index (χ1) is 6.09. The summed E-state index contributed by atoms with van der Waals surface area (Å²) in [5.41, 5.74) is 0. The normalized spacial score (nSPS) is 16.1. The molecule has 0 radical (unpaired) electrons. The summed E-state index contributed by atoms with van der Waals surface area (Å²) in [6, 6.07) is 0. The first-order valence-corrected chi connectivity index (χ1v) is 4.22. The largest absolute Gasteiger partial charge is 0.400 e. The maximum Gasteiger partial charge on any atom is 0.400 e. The van der Waals surface area contributed by atoms with Crippen molar-refractivity contribution in [1.29, 1.82) is 0 Å². The highest BCUT2D eigenvalue weighted by Crippen LogP contribution is 2.43. The molecule has 1 atom stereocenters. The molecule has 14 heavy (non-hydrogen) atoms. The number of rotatable bonds is 3. The summed E-state index contributed by atoms with van der Waals surface area (Å²) in [5.74, 6) is -3.77. The predicted molar refractivity (Wildman–Crippen MR) is 39.7 cm³/mol. The van der Waals surface area contributed by atoms with E-state index in [4.69, 9.17) is 0 Å². The molecule has 6 heteroatoms. The Kier molecular flexibility index (Phi) is 4.27. The van der Waals surface area contributed by atoms with Crippen LogP contribution < -0.4 is 0 Å². The van der Waals surface area contributed by atoms with Gasteiger partial charge in [0.25, 0.3) is 0 Å². The topological polar surface area (TPSA) is 0 Å². The predicted octanol–water partition coefficient (Wildman–Crippen LogP) is 4.16. The van der Waals surface area contributed by atoms with E-state index in [9.17, 15) is 26.3 Å². The van der Waals surface area contributed by atoms with E-state index in [1.807, 2.05) is 0 Å². The maximum absolute atomic E-state index is 12.0. The molecule has 0 spiro atoms. The molecule has 0 nitrogen and oxygen atoms in total. The lowest BCUT2D eigenvalue weighted by molar-refractivity contribution is -0.288. The summed E-state index contributed by atoms with van der Waals surface area (Å²) in [7, 11) is 0. The molecule has 0 saturated heterocycles. The van der Waals surface area contributed by atoms with Crippen molar-refractivity contribution >= 4 is 0 Å². The van der Waals surface area contributed by atoms with Crippen LogP contribution in [0.1, 0.15) is 26.7 Å². The van der Waals surface area contributed by atoms with E-state index < -0.39 is 30.6 Å². The molecular formula is C8H12F6. The molecule has 0 aliphatic rings. The average Bonchev–Trinajstić information content (AvgIpc) is 1.95. The fourth-order valence-electron chi connectivity index (χ4n) is 1.02. The Morgan fingerprint density at radius 2 is 1.29 bits per heavy atom. The summed E-state index contributed by atoms with van der Waals surface area (Å²) in [6.45, 7) is 2.94. The highest BCUT2D eigenvalue weighted by atomic mass is 19.4. The van der Waals surface area contributed by atoms with Gasteiger partial charge in [-0.2, -0.15) is 26.3 Å². The Labute approximate surface area is 78.3 Å². The Morgan fingerprint density at radius 3 is 1.50 bits per heavy atom. The summed E-state index contributed by atoms with van der Waals surface area (Å²) in [5, 5.41) is 0. The van der Waals surface area contributed by atoms with Crippen molar-refractivity contribution in [3.8, 4) is 0 Å². The van der Waals surface area contributed by atoms with Gasteiger partial charge in [-0.05, 0) is 12.3 Å². The van der Waals surface area contributed by atoms with Crippen molar-refractivity contribution in [2.45, 2.75) is 39.0 Å². The zero-order valence-electron chi connectivity index (χ0n) is 7.84. The van der Waals surface area contributed by atoms with Gasteiger partial charge < -0.3 is 0 Å². The quantitative estimate of drug-likeness (QED) is 0.629. The van der Waals surface area contributed by atoms with Gasteiger partial charge in [0.15, 0.2) is 5.92 Å². The van der Waals surface area contributed by atoms with Gasteiger partial charge in [-0.3, -0.25) is 0 Å². The van der Waals surface area contributed by atoms with E-state index in [1.165, 1.54) is 6.92 Å². The molecule has 0 saturated carbocycles. The van der Waals surface area contributed by atoms with E-state index in [-0.39, 0.29) is 0 Å². The van der Waals surface area contributed by atoms with Crippen molar-refractivity contribution in [1.82, 2.24) is 0 Å². The van der Waals surface area contributed by atoms with Crippen molar-refractivity contribution in [3.05, 3.63) is 0 Å². The van der Waals surface area contributed by atoms with Crippen LogP contribution >= 0.6 is 0 Å². The van der Waals surface area contributed by atoms with Gasteiger partial charge in [0.1, 0.15) is 0 Å². The minimum Gasteiger partial charge on any atom is -0.170 e. The summed E-state index contributed by atoms with van der Waals surface area (Å²) >= 11 is 0. The second-order valence-corrected chi connectivity index (χ2v) is 3.38. The fourth-order valence-corrected chi connectivity index (χ4v) is 1.02. The van der Waals surface area contributed by atoms with Crippen molar-refractivity contribution < 1.29 is 26.3 Å². The minimum atomic E-state index is -5.19. The van der Waals surface area contributed by atoms with Crippen LogP contribution in [0.4, 0.5) is 26.3 Å². The van der Waals surface area contributed by atoms with Gasteiger partial charge in [-0.1, -0.05) is 20.3 Å². The van der Waals surface area contributed by atoms with E-state index in [2.05, 4.69) is 0 Å². The molecular weight excluding hydrogens is 210 g/mol. The molecule has 0 aliphatic carbocycles. The smallest absolute Gasteiger partial charge is 0.170 e. The van der Waals surface area contributed by atoms with Crippen LogP contribution in [0, 0.1) is 11.8 Å². The first-order valence-electron chi connectivity index (χ1n) is 4.22. The van der Waals surface area contributed by atoms with Gasteiger partial charge in [0.05, 0.1) is 0 Å². The maximum atomic E-state index is 12.0. The molecule has 0 rings (SSSR count). The molecule has 0 aliphatic heterocycles. The van der Waals surface area contributed by atoms with E-state index >= 15 is 0 Å². The average molecular weight is 222 g/mol. The van der Waals surface area contributed by atoms with E-state index in [0.717, 1.165) is 0 Å². The number of hydrogen-bond acceptors (Lipinski definition) is 0. The van der Waals surface area contributed by atoms with Crippen LogP contribution in [0.5, 0.6) is 0 Å². The third-order valence-corrected chi connectivity index (χ3v) is 2.13. The molecule has 0 N–H and O–H groups in total. The van der Waals surface area contributed by atoms with Crippen molar-refractivity contribution in [2.24, 2.45) is 11.8 Å². The SMILES string of the molecule is CC[C@@H](C)CC(C(F)(F)F)C(F)(F)F. The monoisotopic (exact) mass is 222 g/mol. The fraction of sp³-hybridized carbons (Fsp3) is 1.00. The van der Waals surface area contributed by atoms with Crippen LogP contribution in [0.3, 0.4) is 0 Å². The highest BCUT2D eigenvalue weighted by Gasteiger charge is 2.56. The molecule has 0 heterocycles. The van der Waals surface area contributed by atoms with E-state index in [0.29, 0.717) is 6.42 Å². The van der Waals surface area contributed by atoms with Gasteiger partial charge in [-0.15, -0.1) is 0 Å². The molecule has 0 aromatic carbocycles. The lowest BCUT2D eigenvalue weighted by atomic mass is 9.93. The number of halogens is 6. The van der Waals surface area contributed by atoms with E-state index in [1.54, 1.807) is 6.92 Å². The van der Waals surface area contributed by atoms with Gasteiger partial charge in [0.2, 0.25) is 0 Å². The molecule has 0 amide bonds. The molecule has 0 aromatic rings. The summed E-state index contributed by atoms with van der Waals surface area (Å²) in [6.07, 6.45) is -11.0. The number of alkyl halides is 6. The molecule has 0 bridgehead atoms. The zero-order valence-corrected chi connectivity index (χ0v) is 7.84. The summed E-state index contributed by atoms with van der Waals surface area (Å²) in [4.78, 5) is 0. The van der Waals surface area contributed by atoms with Gasteiger partial charge in [-0.25, -0.2) is 0 Å². The Hall–Kier alpha value is -0.420.